The summed E-state index contributed by atoms with van der Waals surface area (Å²) < 4.78 is 0.839. The molecule has 1 unspecified atom stereocenters. The number of aliphatic hydroxyl groups is 1. The normalized spacial score (nSPS) is 12.7. The molecule has 2 N–H and O–H groups in total. The van der Waals surface area contributed by atoms with Gasteiger partial charge in [0, 0.05) is 16.4 Å². The standard InChI is InChI=1S/C15H20ClNOS2/c16-14-8-7-13(20-14)15(12-6-5-11-19-12)17-9-3-1-2-4-10-18/h5-8,11,15,17-18H,1-4,9-10H2. The van der Waals surface area contributed by atoms with E-state index in [0.29, 0.717) is 6.61 Å². The van der Waals surface area contributed by atoms with E-state index in [9.17, 15) is 0 Å². The van der Waals surface area contributed by atoms with E-state index >= 15 is 0 Å². The maximum atomic E-state index is 8.76. The molecular formula is C15H20ClNOS2. The van der Waals surface area contributed by atoms with Crippen molar-refractivity contribution in [2.45, 2.75) is 31.7 Å². The lowest BCUT2D eigenvalue weighted by atomic mass is 10.1. The summed E-state index contributed by atoms with van der Waals surface area (Å²) in [5.74, 6) is 0. The summed E-state index contributed by atoms with van der Waals surface area (Å²) in [5, 5.41) is 14.5. The van der Waals surface area contributed by atoms with Gasteiger partial charge < -0.3 is 10.4 Å². The number of halogens is 1. The summed E-state index contributed by atoms with van der Waals surface area (Å²) >= 11 is 9.47. The Kier molecular flexibility index (Phi) is 7.03. The van der Waals surface area contributed by atoms with Crippen LogP contribution in [0, 0.1) is 0 Å². The monoisotopic (exact) mass is 329 g/mol. The molecule has 0 bridgehead atoms. The van der Waals surface area contributed by atoms with Gasteiger partial charge in [0.2, 0.25) is 0 Å². The maximum Gasteiger partial charge on any atom is 0.0931 e. The predicted molar refractivity (Wildman–Crippen MR) is 89.0 cm³/mol. The molecule has 2 heterocycles. The van der Waals surface area contributed by atoms with Gasteiger partial charge in [-0.2, -0.15) is 0 Å². The fourth-order valence-electron chi connectivity index (χ4n) is 2.12. The Morgan fingerprint density at radius 1 is 1.10 bits per heavy atom. The van der Waals surface area contributed by atoms with Gasteiger partial charge in [-0.25, -0.2) is 0 Å². The molecule has 110 valence electrons. The fourth-order valence-corrected chi connectivity index (χ4v) is 4.17. The largest absolute Gasteiger partial charge is 0.396 e. The molecule has 0 saturated heterocycles. The zero-order valence-electron chi connectivity index (χ0n) is 11.3. The van der Waals surface area contributed by atoms with Crippen molar-refractivity contribution >= 4 is 34.3 Å². The van der Waals surface area contributed by atoms with Crippen LogP contribution in [0.1, 0.15) is 41.5 Å². The zero-order valence-corrected chi connectivity index (χ0v) is 13.7. The van der Waals surface area contributed by atoms with Crippen LogP contribution in [0.3, 0.4) is 0 Å². The van der Waals surface area contributed by atoms with Crippen LogP contribution in [0.4, 0.5) is 0 Å². The minimum Gasteiger partial charge on any atom is -0.396 e. The molecule has 0 saturated carbocycles. The molecule has 0 amide bonds. The molecule has 0 fully saturated rings. The van der Waals surface area contributed by atoms with Gasteiger partial charge in [-0.3, -0.25) is 0 Å². The Balaban J connectivity index is 1.88. The first kappa shape index (κ1) is 16.0. The molecule has 5 heteroatoms. The number of rotatable bonds is 9. The number of nitrogens with one attached hydrogen (secondary N) is 1. The lowest BCUT2D eigenvalue weighted by Gasteiger charge is -2.16. The Hall–Kier alpha value is -0.390. The van der Waals surface area contributed by atoms with Gasteiger partial charge in [-0.1, -0.05) is 30.5 Å². The highest BCUT2D eigenvalue weighted by Crippen LogP contribution is 2.33. The molecule has 0 radical (unpaired) electrons. The van der Waals surface area contributed by atoms with Crippen LogP contribution in [0.2, 0.25) is 4.34 Å². The van der Waals surface area contributed by atoms with Crippen molar-refractivity contribution in [2.75, 3.05) is 13.2 Å². The average Bonchev–Trinajstić information content (AvgIpc) is 3.10. The minimum atomic E-state index is 0.255. The van der Waals surface area contributed by atoms with Crippen molar-refractivity contribution in [3.63, 3.8) is 0 Å². The molecule has 0 aliphatic carbocycles. The minimum absolute atomic E-state index is 0.255. The van der Waals surface area contributed by atoms with Gasteiger partial charge in [0.25, 0.3) is 0 Å². The molecule has 0 spiro atoms. The number of hydrogen-bond donors (Lipinski definition) is 2. The summed E-state index contributed by atoms with van der Waals surface area (Å²) in [6, 6.07) is 8.58. The Morgan fingerprint density at radius 2 is 1.95 bits per heavy atom. The van der Waals surface area contributed by atoms with Gasteiger partial charge in [-0.15, -0.1) is 22.7 Å². The van der Waals surface area contributed by atoms with E-state index in [1.807, 2.05) is 6.07 Å². The first-order chi connectivity index (χ1) is 9.81. The quantitative estimate of drug-likeness (QED) is 0.654. The molecule has 20 heavy (non-hydrogen) atoms. The lowest BCUT2D eigenvalue weighted by molar-refractivity contribution is 0.282. The highest BCUT2D eigenvalue weighted by Gasteiger charge is 2.16. The first-order valence-electron chi connectivity index (χ1n) is 6.94. The van der Waals surface area contributed by atoms with Crippen molar-refractivity contribution < 1.29 is 5.11 Å². The van der Waals surface area contributed by atoms with Crippen LogP contribution >= 0.6 is 34.3 Å². The Bertz CT molecular complexity index is 484. The van der Waals surface area contributed by atoms with E-state index in [1.54, 1.807) is 22.7 Å². The van der Waals surface area contributed by atoms with Gasteiger partial charge in [0.05, 0.1) is 10.4 Å². The molecule has 0 aliphatic rings. The number of hydrogen-bond acceptors (Lipinski definition) is 4. The summed E-state index contributed by atoms with van der Waals surface area (Å²) in [7, 11) is 0. The molecule has 2 aromatic rings. The first-order valence-corrected chi connectivity index (χ1v) is 9.01. The van der Waals surface area contributed by atoms with E-state index in [-0.39, 0.29) is 6.04 Å². The summed E-state index contributed by atoms with van der Waals surface area (Å²) in [5.41, 5.74) is 0. The predicted octanol–water partition coefficient (Wildman–Crippen LogP) is 4.69. The van der Waals surface area contributed by atoms with Crippen LogP contribution in [-0.4, -0.2) is 18.3 Å². The average molecular weight is 330 g/mol. The SMILES string of the molecule is OCCCCCCNC(c1cccs1)c1ccc(Cl)s1. The van der Waals surface area contributed by atoms with Gasteiger partial charge in [0.15, 0.2) is 0 Å². The Labute approximate surface area is 133 Å². The third kappa shape index (κ3) is 4.86. The summed E-state index contributed by atoms with van der Waals surface area (Å²) in [6.07, 6.45) is 4.32. The molecule has 1 atom stereocenters. The maximum absolute atomic E-state index is 8.76. The fraction of sp³-hybridized carbons (Fsp3) is 0.467. The third-order valence-electron chi connectivity index (χ3n) is 3.14. The van der Waals surface area contributed by atoms with Crippen LogP contribution in [0.15, 0.2) is 29.6 Å². The van der Waals surface area contributed by atoms with Crippen molar-refractivity contribution in [1.82, 2.24) is 5.32 Å². The second-order valence-electron chi connectivity index (χ2n) is 4.68. The highest BCUT2D eigenvalue weighted by atomic mass is 35.5. The summed E-state index contributed by atoms with van der Waals surface area (Å²) in [4.78, 5) is 2.60. The Morgan fingerprint density at radius 3 is 2.60 bits per heavy atom. The van der Waals surface area contributed by atoms with Gasteiger partial charge in [-0.05, 0) is 43.0 Å². The summed E-state index contributed by atoms with van der Waals surface area (Å²) in [6.45, 7) is 1.29. The van der Waals surface area contributed by atoms with Gasteiger partial charge >= 0.3 is 0 Å². The second-order valence-corrected chi connectivity index (χ2v) is 7.41. The van der Waals surface area contributed by atoms with E-state index in [4.69, 9.17) is 16.7 Å². The van der Waals surface area contributed by atoms with Gasteiger partial charge in [0.1, 0.15) is 0 Å². The lowest BCUT2D eigenvalue weighted by Crippen LogP contribution is -2.22. The van der Waals surface area contributed by atoms with Crippen LogP contribution in [0.25, 0.3) is 0 Å². The zero-order chi connectivity index (χ0) is 14.2. The van der Waals surface area contributed by atoms with Crippen LogP contribution in [0.5, 0.6) is 0 Å². The smallest absolute Gasteiger partial charge is 0.0931 e. The number of aliphatic hydroxyl groups excluding tert-OH is 1. The second kappa shape index (κ2) is 8.80. The topological polar surface area (TPSA) is 32.3 Å². The van der Waals surface area contributed by atoms with Crippen molar-refractivity contribution in [3.05, 3.63) is 43.7 Å². The van der Waals surface area contributed by atoms with Crippen molar-refractivity contribution in [2.24, 2.45) is 0 Å². The van der Waals surface area contributed by atoms with E-state index in [0.717, 1.165) is 36.6 Å². The van der Waals surface area contributed by atoms with E-state index in [1.165, 1.54) is 9.75 Å². The van der Waals surface area contributed by atoms with E-state index < -0.39 is 0 Å². The third-order valence-corrected chi connectivity index (χ3v) is 5.37. The highest BCUT2D eigenvalue weighted by molar-refractivity contribution is 7.16. The molecule has 2 nitrogen and oxygen atoms in total. The van der Waals surface area contributed by atoms with Crippen molar-refractivity contribution in [1.29, 1.82) is 0 Å². The van der Waals surface area contributed by atoms with Crippen LogP contribution in [-0.2, 0) is 0 Å². The molecule has 0 aromatic carbocycles. The van der Waals surface area contributed by atoms with Crippen LogP contribution < -0.4 is 5.32 Å². The van der Waals surface area contributed by atoms with Crippen molar-refractivity contribution in [3.8, 4) is 0 Å². The molecular weight excluding hydrogens is 310 g/mol. The molecule has 2 rings (SSSR count). The number of thiophene rings is 2. The molecule has 2 aromatic heterocycles. The van der Waals surface area contributed by atoms with E-state index in [2.05, 4.69) is 28.9 Å². The molecule has 0 aliphatic heterocycles. The number of unbranched alkanes of at least 4 members (excludes halogenated alkanes) is 3.